The summed E-state index contributed by atoms with van der Waals surface area (Å²) >= 11 is 6.08. The number of piperazine rings is 2. The van der Waals surface area contributed by atoms with Gasteiger partial charge in [0.25, 0.3) is 0 Å². The molecule has 2 aliphatic heterocycles. The first-order chi connectivity index (χ1) is 17.2. The lowest BCUT2D eigenvalue weighted by Crippen LogP contribution is -2.44. The van der Waals surface area contributed by atoms with Gasteiger partial charge in [-0.25, -0.2) is 4.39 Å². The molecule has 0 spiro atoms. The average Bonchev–Trinajstić information content (AvgIpc) is 2.82. The third-order valence-corrected chi connectivity index (χ3v) is 7.02. The Morgan fingerprint density at radius 2 is 1.14 bits per heavy atom. The van der Waals surface area contributed by atoms with Crippen LogP contribution in [0, 0.1) is 5.82 Å². The summed E-state index contributed by atoms with van der Waals surface area (Å²) < 4.78 is 87.1. The van der Waals surface area contributed by atoms with Gasteiger partial charge in [0, 0.05) is 56.8 Å². The maximum Gasteiger partial charge on any atom is 0.416 e. The van der Waals surface area contributed by atoms with Crippen LogP contribution in [0.1, 0.15) is 11.1 Å². The van der Waals surface area contributed by atoms with E-state index in [-0.39, 0.29) is 4.47 Å². The van der Waals surface area contributed by atoms with E-state index in [1.54, 1.807) is 0 Å². The molecule has 2 heterocycles. The highest BCUT2D eigenvalue weighted by molar-refractivity contribution is 9.10. The molecule has 2 aromatic rings. The van der Waals surface area contributed by atoms with Crippen LogP contribution in [-0.2, 0) is 12.4 Å². The van der Waals surface area contributed by atoms with Gasteiger partial charge in [0.05, 0.1) is 21.3 Å². The van der Waals surface area contributed by atoms with Gasteiger partial charge in [0.1, 0.15) is 5.82 Å². The highest BCUT2D eigenvalue weighted by Gasteiger charge is 2.32. The molecule has 2 aromatic carbocycles. The highest BCUT2D eigenvalue weighted by Crippen LogP contribution is 2.36. The number of likely N-dealkylation sites (N-methyl/N-ethyl adjacent to an activating group) is 2. The Kier molecular flexibility index (Phi) is 12.1. The summed E-state index contributed by atoms with van der Waals surface area (Å²) in [5.41, 5.74) is -0.958. The van der Waals surface area contributed by atoms with Crippen LogP contribution in [0.4, 0.5) is 36.4 Å². The molecule has 208 valence electrons. The molecule has 37 heavy (non-hydrogen) atoms. The molecular formula is C24H29Br2F7N4. The minimum Gasteiger partial charge on any atom is -0.368 e. The van der Waals surface area contributed by atoms with Crippen molar-refractivity contribution in [2.75, 3.05) is 71.4 Å². The van der Waals surface area contributed by atoms with Gasteiger partial charge >= 0.3 is 12.4 Å². The molecule has 4 rings (SSSR count). The van der Waals surface area contributed by atoms with Crippen molar-refractivity contribution in [1.82, 2.24) is 15.1 Å². The Morgan fingerprint density at radius 1 is 0.676 bits per heavy atom. The summed E-state index contributed by atoms with van der Waals surface area (Å²) in [6.45, 7) is 7.96. The predicted molar refractivity (Wildman–Crippen MR) is 138 cm³/mol. The summed E-state index contributed by atoms with van der Waals surface area (Å²) in [6, 6.07) is 6.07. The van der Waals surface area contributed by atoms with E-state index in [4.69, 9.17) is 0 Å². The number of rotatable bonds is 1. The fraction of sp³-hybridized carbons (Fsp3) is 0.500. The van der Waals surface area contributed by atoms with Gasteiger partial charge in [0.15, 0.2) is 0 Å². The van der Waals surface area contributed by atoms with E-state index < -0.39 is 29.3 Å². The highest BCUT2D eigenvalue weighted by atomic mass is 79.9. The Bertz CT molecular complexity index is 988. The van der Waals surface area contributed by atoms with Gasteiger partial charge in [0.2, 0.25) is 0 Å². The number of alkyl halides is 6. The number of hydrogen-bond acceptors (Lipinski definition) is 4. The zero-order valence-corrected chi connectivity index (χ0v) is 23.5. The number of anilines is 1. The van der Waals surface area contributed by atoms with E-state index in [1.165, 1.54) is 25.2 Å². The van der Waals surface area contributed by atoms with Crippen molar-refractivity contribution >= 4 is 37.5 Å². The molecule has 2 aliphatic rings. The van der Waals surface area contributed by atoms with Crippen molar-refractivity contribution in [2.24, 2.45) is 0 Å². The van der Waals surface area contributed by atoms with Crippen LogP contribution in [0.25, 0.3) is 0 Å². The van der Waals surface area contributed by atoms with Crippen LogP contribution in [-0.4, -0.2) is 76.3 Å². The van der Waals surface area contributed by atoms with Crippen molar-refractivity contribution in [2.45, 2.75) is 12.4 Å². The lowest BCUT2D eigenvalue weighted by Gasteiger charge is -2.34. The minimum atomic E-state index is -4.48. The van der Waals surface area contributed by atoms with Crippen LogP contribution >= 0.6 is 31.9 Å². The molecule has 2 fully saturated rings. The van der Waals surface area contributed by atoms with Gasteiger partial charge in [-0.2, -0.15) is 26.3 Å². The largest absolute Gasteiger partial charge is 0.416 e. The molecule has 0 aliphatic carbocycles. The third kappa shape index (κ3) is 10.7. The molecular weight excluding hydrogens is 637 g/mol. The molecule has 0 aromatic heterocycles. The quantitative estimate of drug-likeness (QED) is 0.359. The van der Waals surface area contributed by atoms with Gasteiger partial charge in [-0.15, -0.1) is 0 Å². The van der Waals surface area contributed by atoms with Crippen molar-refractivity contribution in [3.63, 3.8) is 0 Å². The normalized spacial score (nSPS) is 17.4. The summed E-state index contributed by atoms with van der Waals surface area (Å²) in [4.78, 5) is 6.48. The second-order valence-electron chi connectivity index (χ2n) is 8.63. The Hall–Kier alpha value is -1.41. The molecule has 0 unspecified atom stereocenters. The zero-order valence-electron chi connectivity index (χ0n) is 20.4. The SMILES string of the molecule is CN1CCN(c2cc(C(F)(F)F)ccc2Br)CC1.CN1CCNCC1.Fc1cc(C(F)(F)F)ccc1Br. The summed E-state index contributed by atoms with van der Waals surface area (Å²) in [7, 11) is 4.17. The van der Waals surface area contributed by atoms with Gasteiger partial charge < -0.3 is 20.0 Å². The maximum absolute atomic E-state index is 12.7. The topological polar surface area (TPSA) is 21.8 Å². The van der Waals surface area contributed by atoms with Crippen molar-refractivity contribution in [3.05, 3.63) is 62.3 Å². The van der Waals surface area contributed by atoms with Gasteiger partial charge in [-0.1, -0.05) is 0 Å². The molecule has 1 N–H and O–H groups in total. The fourth-order valence-electron chi connectivity index (χ4n) is 3.43. The Balaban J connectivity index is 0.000000217. The van der Waals surface area contributed by atoms with Gasteiger partial charge in [-0.3, -0.25) is 0 Å². The van der Waals surface area contributed by atoms with Crippen LogP contribution < -0.4 is 10.2 Å². The van der Waals surface area contributed by atoms with Crippen molar-refractivity contribution < 1.29 is 30.7 Å². The number of nitrogens with one attached hydrogen (secondary N) is 1. The number of nitrogens with zero attached hydrogens (tertiary/aromatic N) is 3. The Labute approximate surface area is 229 Å². The molecule has 2 saturated heterocycles. The lowest BCUT2D eigenvalue weighted by atomic mass is 10.1. The summed E-state index contributed by atoms with van der Waals surface area (Å²) in [5, 5.41) is 3.27. The zero-order chi connectivity index (χ0) is 27.8. The number of halogens is 9. The first kappa shape index (κ1) is 31.8. The molecule has 0 saturated carbocycles. The smallest absolute Gasteiger partial charge is 0.368 e. The molecule has 4 nitrogen and oxygen atoms in total. The maximum atomic E-state index is 12.7. The Morgan fingerprint density at radius 3 is 1.57 bits per heavy atom. The fourth-order valence-corrected chi connectivity index (χ4v) is 4.17. The van der Waals surface area contributed by atoms with E-state index >= 15 is 0 Å². The third-order valence-electron chi connectivity index (χ3n) is 5.70. The van der Waals surface area contributed by atoms with Crippen LogP contribution in [0.3, 0.4) is 0 Å². The van der Waals surface area contributed by atoms with Crippen molar-refractivity contribution in [1.29, 1.82) is 0 Å². The van der Waals surface area contributed by atoms with E-state index in [0.717, 1.165) is 57.5 Å². The number of benzene rings is 2. The molecule has 0 bridgehead atoms. The van der Waals surface area contributed by atoms with Crippen LogP contribution in [0.15, 0.2) is 45.3 Å². The van der Waals surface area contributed by atoms with Crippen molar-refractivity contribution in [3.8, 4) is 0 Å². The predicted octanol–water partition coefficient (Wildman–Crippen LogP) is 6.35. The summed E-state index contributed by atoms with van der Waals surface area (Å²) in [6.07, 6.45) is -8.77. The van der Waals surface area contributed by atoms with E-state index in [2.05, 4.69) is 54.0 Å². The second kappa shape index (κ2) is 14.1. The monoisotopic (exact) mass is 664 g/mol. The minimum absolute atomic E-state index is 0.0236. The van der Waals surface area contributed by atoms with Gasteiger partial charge in [-0.05, 0) is 82.4 Å². The summed E-state index contributed by atoms with van der Waals surface area (Å²) in [5.74, 6) is -0.912. The van der Waals surface area contributed by atoms with E-state index in [0.29, 0.717) is 16.2 Å². The molecule has 0 atom stereocenters. The second-order valence-corrected chi connectivity index (χ2v) is 10.3. The lowest BCUT2D eigenvalue weighted by molar-refractivity contribution is -0.138. The van der Waals surface area contributed by atoms with E-state index in [9.17, 15) is 30.7 Å². The number of hydrogen-bond donors (Lipinski definition) is 1. The average molecular weight is 666 g/mol. The standard InChI is InChI=1S/C12H14BrF3N2.C7H3BrF4.C5H12N2/c1-17-4-6-18(7-5-17)11-8-9(12(14,15)16)2-3-10(11)13;8-5-2-1-4(3-6(5)9)7(10,11)12;1-7-4-2-6-3-5-7/h2-3,8H,4-7H2,1H3;1-3H;6H,2-5H2,1H3. The molecule has 0 amide bonds. The first-order valence-corrected chi connectivity index (χ1v) is 13.0. The first-order valence-electron chi connectivity index (χ1n) is 11.4. The van der Waals surface area contributed by atoms with Crippen LogP contribution in [0.5, 0.6) is 0 Å². The van der Waals surface area contributed by atoms with E-state index in [1.807, 2.05) is 11.9 Å². The molecule has 0 radical (unpaired) electrons. The molecule has 13 heteroatoms. The van der Waals surface area contributed by atoms with Crippen LogP contribution in [0.2, 0.25) is 0 Å².